The van der Waals surface area contributed by atoms with Gasteiger partial charge in [-0.15, -0.1) is 0 Å². The minimum atomic E-state index is -0.259. The molecule has 1 saturated carbocycles. The SMILES string of the molecule is N#Cc1cnn(-c2ccc(NC(=O)C3CCC(O)CC3)cc2)c1. The van der Waals surface area contributed by atoms with Crippen molar-refractivity contribution in [2.24, 2.45) is 5.92 Å². The number of aliphatic hydroxyl groups is 1. The number of benzene rings is 1. The van der Waals surface area contributed by atoms with Gasteiger partial charge in [0.25, 0.3) is 0 Å². The van der Waals surface area contributed by atoms with Crippen molar-refractivity contribution in [1.82, 2.24) is 9.78 Å². The van der Waals surface area contributed by atoms with Gasteiger partial charge in [0.05, 0.1) is 23.6 Å². The molecule has 1 aliphatic carbocycles. The molecule has 0 spiro atoms. The average Bonchev–Trinajstić information content (AvgIpc) is 3.05. The van der Waals surface area contributed by atoms with E-state index in [1.807, 2.05) is 30.3 Å². The third-order valence-corrected chi connectivity index (χ3v) is 4.18. The Morgan fingerprint density at radius 2 is 1.96 bits per heavy atom. The maximum atomic E-state index is 12.2. The Balaban J connectivity index is 1.63. The highest BCUT2D eigenvalue weighted by atomic mass is 16.3. The summed E-state index contributed by atoms with van der Waals surface area (Å²) in [7, 11) is 0. The van der Waals surface area contributed by atoms with Gasteiger partial charge >= 0.3 is 0 Å². The second-order valence-corrected chi connectivity index (χ2v) is 5.83. The molecule has 2 aromatic rings. The molecule has 0 atom stereocenters. The number of carbonyl (C=O) groups excluding carboxylic acids is 1. The van der Waals surface area contributed by atoms with Crippen LogP contribution in [0, 0.1) is 17.2 Å². The van der Waals surface area contributed by atoms with Crippen molar-refractivity contribution < 1.29 is 9.90 Å². The fraction of sp³-hybridized carbons (Fsp3) is 0.353. The van der Waals surface area contributed by atoms with Crippen molar-refractivity contribution in [3.63, 3.8) is 0 Å². The third-order valence-electron chi connectivity index (χ3n) is 4.18. The number of aliphatic hydroxyl groups excluding tert-OH is 1. The van der Waals surface area contributed by atoms with E-state index in [2.05, 4.69) is 10.4 Å². The van der Waals surface area contributed by atoms with Gasteiger partial charge < -0.3 is 10.4 Å². The molecule has 118 valence electrons. The van der Waals surface area contributed by atoms with Gasteiger partial charge in [-0.1, -0.05) is 0 Å². The lowest BCUT2D eigenvalue weighted by Crippen LogP contribution is -2.28. The number of carbonyl (C=O) groups is 1. The minimum absolute atomic E-state index is 0.00973. The minimum Gasteiger partial charge on any atom is -0.393 e. The highest BCUT2D eigenvalue weighted by Gasteiger charge is 2.25. The van der Waals surface area contributed by atoms with Crippen molar-refractivity contribution in [3.8, 4) is 11.8 Å². The average molecular weight is 310 g/mol. The summed E-state index contributed by atoms with van der Waals surface area (Å²) in [6.07, 6.45) is 5.75. The summed E-state index contributed by atoms with van der Waals surface area (Å²) in [6, 6.07) is 9.36. The van der Waals surface area contributed by atoms with Crippen molar-refractivity contribution in [2.75, 3.05) is 5.32 Å². The smallest absolute Gasteiger partial charge is 0.227 e. The Morgan fingerprint density at radius 1 is 1.26 bits per heavy atom. The van der Waals surface area contributed by atoms with Gasteiger partial charge in [0, 0.05) is 17.8 Å². The summed E-state index contributed by atoms with van der Waals surface area (Å²) < 4.78 is 1.62. The van der Waals surface area contributed by atoms with Crippen LogP contribution in [0.3, 0.4) is 0 Å². The fourth-order valence-electron chi connectivity index (χ4n) is 2.80. The van der Waals surface area contributed by atoms with Crippen LogP contribution in [0.15, 0.2) is 36.7 Å². The monoisotopic (exact) mass is 310 g/mol. The van der Waals surface area contributed by atoms with Gasteiger partial charge in [0.2, 0.25) is 5.91 Å². The first-order valence-electron chi connectivity index (χ1n) is 7.70. The van der Waals surface area contributed by atoms with Crippen molar-refractivity contribution in [1.29, 1.82) is 5.26 Å². The molecule has 6 nitrogen and oxygen atoms in total. The quantitative estimate of drug-likeness (QED) is 0.909. The molecule has 1 heterocycles. The Hall–Kier alpha value is -2.65. The number of aromatic nitrogens is 2. The number of anilines is 1. The number of nitrogens with zero attached hydrogens (tertiary/aromatic N) is 3. The Morgan fingerprint density at radius 3 is 2.57 bits per heavy atom. The summed E-state index contributed by atoms with van der Waals surface area (Å²) in [5.74, 6) is -0.0158. The van der Waals surface area contributed by atoms with Crippen LogP contribution in [0.2, 0.25) is 0 Å². The molecule has 6 heteroatoms. The molecular formula is C17H18N4O2. The van der Waals surface area contributed by atoms with Crippen LogP contribution in [0.25, 0.3) is 5.69 Å². The molecule has 0 bridgehead atoms. The largest absolute Gasteiger partial charge is 0.393 e. The van der Waals surface area contributed by atoms with E-state index in [0.29, 0.717) is 18.4 Å². The van der Waals surface area contributed by atoms with Crippen molar-refractivity contribution in [3.05, 3.63) is 42.2 Å². The third kappa shape index (κ3) is 3.58. The normalized spacial score (nSPS) is 20.7. The van der Waals surface area contributed by atoms with Crippen molar-refractivity contribution in [2.45, 2.75) is 31.8 Å². The molecule has 3 rings (SSSR count). The van der Waals surface area contributed by atoms with E-state index in [-0.39, 0.29) is 17.9 Å². The van der Waals surface area contributed by atoms with Crippen LogP contribution in [0.4, 0.5) is 5.69 Å². The van der Waals surface area contributed by atoms with E-state index >= 15 is 0 Å². The predicted octanol–water partition coefficient (Wildman–Crippen LogP) is 2.23. The van der Waals surface area contributed by atoms with Crippen LogP contribution in [0.5, 0.6) is 0 Å². The van der Waals surface area contributed by atoms with E-state index in [9.17, 15) is 9.90 Å². The lowest BCUT2D eigenvalue weighted by molar-refractivity contribution is -0.121. The highest BCUT2D eigenvalue weighted by molar-refractivity contribution is 5.92. The molecule has 0 saturated heterocycles. The highest BCUT2D eigenvalue weighted by Crippen LogP contribution is 2.25. The van der Waals surface area contributed by atoms with E-state index in [4.69, 9.17) is 5.26 Å². The second-order valence-electron chi connectivity index (χ2n) is 5.83. The molecule has 0 radical (unpaired) electrons. The Kier molecular flexibility index (Phi) is 4.40. The Labute approximate surface area is 134 Å². The molecule has 1 fully saturated rings. The molecule has 0 unspecified atom stereocenters. The van der Waals surface area contributed by atoms with Gasteiger partial charge in [-0.2, -0.15) is 10.4 Å². The zero-order valence-corrected chi connectivity index (χ0v) is 12.6. The molecular weight excluding hydrogens is 292 g/mol. The number of amides is 1. The zero-order valence-electron chi connectivity index (χ0n) is 12.6. The molecule has 0 aliphatic heterocycles. The van der Waals surface area contributed by atoms with Gasteiger partial charge in [-0.25, -0.2) is 4.68 Å². The zero-order chi connectivity index (χ0) is 16.2. The first-order chi connectivity index (χ1) is 11.2. The molecule has 1 aromatic heterocycles. The maximum absolute atomic E-state index is 12.2. The van der Waals surface area contributed by atoms with E-state index in [1.54, 1.807) is 10.9 Å². The lowest BCUT2D eigenvalue weighted by atomic mass is 9.87. The van der Waals surface area contributed by atoms with Gasteiger partial charge in [-0.05, 0) is 49.9 Å². The number of hydrogen-bond acceptors (Lipinski definition) is 4. The van der Waals surface area contributed by atoms with E-state index in [0.717, 1.165) is 24.2 Å². The van der Waals surface area contributed by atoms with Gasteiger partial charge in [-0.3, -0.25) is 4.79 Å². The van der Waals surface area contributed by atoms with E-state index in [1.165, 1.54) is 6.20 Å². The maximum Gasteiger partial charge on any atom is 0.227 e. The number of rotatable bonds is 3. The Bertz CT molecular complexity index is 722. The predicted molar refractivity (Wildman–Crippen MR) is 84.9 cm³/mol. The van der Waals surface area contributed by atoms with Crippen LogP contribution in [-0.4, -0.2) is 26.9 Å². The van der Waals surface area contributed by atoms with Gasteiger partial charge in [0.15, 0.2) is 0 Å². The molecule has 1 amide bonds. The summed E-state index contributed by atoms with van der Waals surface area (Å²) >= 11 is 0. The summed E-state index contributed by atoms with van der Waals surface area (Å²) in [6.45, 7) is 0. The van der Waals surface area contributed by atoms with Crippen LogP contribution in [0.1, 0.15) is 31.2 Å². The standard InChI is InChI=1S/C17H18N4O2/c18-9-12-10-19-21(11-12)15-5-3-14(4-6-15)20-17(23)13-1-7-16(22)8-2-13/h3-6,10-11,13,16,22H,1-2,7-8H2,(H,20,23). The fourth-order valence-corrected chi connectivity index (χ4v) is 2.80. The number of hydrogen-bond donors (Lipinski definition) is 2. The molecule has 2 N–H and O–H groups in total. The molecule has 1 aromatic carbocycles. The van der Waals surface area contributed by atoms with Crippen LogP contribution < -0.4 is 5.32 Å². The first kappa shape index (κ1) is 15.3. The molecule has 1 aliphatic rings. The number of nitrogens with one attached hydrogen (secondary N) is 1. The first-order valence-corrected chi connectivity index (χ1v) is 7.70. The summed E-state index contributed by atoms with van der Waals surface area (Å²) in [5.41, 5.74) is 2.06. The van der Waals surface area contributed by atoms with E-state index < -0.39 is 0 Å². The topological polar surface area (TPSA) is 90.9 Å². The second kappa shape index (κ2) is 6.63. The lowest BCUT2D eigenvalue weighted by Gasteiger charge is -2.24. The molecule has 23 heavy (non-hydrogen) atoms. The summed E-state index contributed by atoms with van der Waals surface area (Å²) in [5, 5.41) is 25.3. The van der Waals surface area contributed by atoms with Crippen LogP contribution in [-0.2, 0) is 4.79 Å². The summed E-state index contributed by atoms with van der Waals surface area (Å²) in [4.78, 5) is 12.2. The van der Waals surface area contributed by atoms with Crippen LogP contribution >= 0.6 is 0 Å². The van der Waals surface area contributed by atoms with Crippen molar-refractivity contribution >= 4 is 11.6 Å². The number of nitriles is 1. The van der Waals surface area contributed by atoms with Gasteiger partial charge in [0.1, 0.15) is 6.07 Å².